The number of aromatic nitrogens is 1. The van der Waals surface area contributed by atoms with Crippen LogP contribution < -0.4 is 10.1 Å². The van der Waals surface area contributed by atoms with Crippen LogP contribution in [0.4, 0.5) is 5.13 Å². The van der Waals surface area contributed by atoms with Crippen LogP contribution in [0.25, 0.3) is 0 Å². The molecule has 0 radical (unpaired) electrons. The van der Waals surface area contributed by atoms with Crippen LogP contribution in [0, 0.1) is 17.3 Å². The van der Waals surface area contributed by atoms with Crippen LogP contribution in [-0.2, 0) is 10.2 Å². The molecule has 5 heteroatoms. The fourth-order valence-electron chi connectivity index (χ4n) is 6.33. The fraction of sp³-hybridized carbons (Fsp3) is 0.524. The first-order valence-electron chi connectivity index (χ1n) is 9.46. The minimum absolute atomic E-state index is 0.149. The number of ether oxygens (including phenoxy) is 1. The van der Waals surface area contributed by atoms with E-state index in [0.717, 1.165) is 30.1 Å². The number of carbonyl (C=O) groups is 1. The maximum atomic E-state index is 13.3. The Hall–Kier alpha value is -1.88. The second-order valence-electron chi connectivity index (χ2n) is 8.54. The molecular weight excluding hydrogens is 344 g/mol. The van der Waals surface area contributed by atoms with Crippen molar-refractivity contribution in [1.29, 1.82) is 0 Å². The number of amides is 1. The maximum Gasteiger partial charge on any atom is 0.232 e. The third kappa shape index (κ3) is 2.48. The molecule has 4 nitrogen and oxygen atoms in total. The zero-order valence-corrected chi connectivity index (χ0v) is 15.8. The number of hydrogen-bond acceptors (Lipinski definition) is 4. The second-order valence-corrected chi connectivity index (χ2v) is 9.44. The summed E-state index contributed by atoms with van der Waals surface area (Å²) < 4.78 is 5.33. The lowest BCUT2D eigenvalue weighted by molar-refractivity contribution is -0.143. The molecule has 1 aromatic heterocycles. The fourth-order valence-corrected chi connectivity index (χ4v) is 6.85. The first kappa shape index (κ1) is 16.3. The van der Waals surface area contributed by atoms with E-state index in [2.05, 4.69) is 34.6 Å². The van der Waals surface area contributed by atoms with Gasteiger partial charge in [0.25, 0.3) is 0 Å². The van der Waals surface area contributed by atoms with Crippen LogP contribution in [0.3, 0.4) is 0 Å². The van der Waals surface area contributed by atoms with Crippen LogP contribution in [0.15, 0.2) is 35.8 Å². The van der Waals surface area contributed by atoms with Crippen molar-refractivity contribution in [3.8, 4) is 5.75 Å². The van der Waals surface area contributed by atoms with Crippen LogP contribution in [0.5, 0.6) is 5.75 Å². The van der Waals surface area contributed by atoms with Gasteiger partial charge in [0.2, 0.25) is 5.91 Å². The van der Waals surface area contributed by atoms with Crippen molar-refractivity contribution in [3.63, 3.8) is 0 Å². The average molecular weight is 369 g/mol. The molecule has 26 heavy (non-hydrogen) atoms. The van der Waals surface area contributed by atoms with Crippen molar-refractivity contribution in [2.45, 2.75) is 43.9 Å². The SMILES string of the molecule is COc1ccc(C23CC4CC(CC(C(=O)Nc5nccs5)(C4)C2)C3)cc1. The Morgan fingerprint density at radius 2 is 1.92 bits per heavy atom. The lowest BCUT2D eigenvalue weighted by Gasteiger charge is -2.61. The molecule has 4 fully saturated rings. The summed E-state index contributed by atoms with van der Waals surface area (Å²) in [7, 11) is 1.71. The summed E-state index contributed by atoms with van der Waals surface area (Å²) in [5, 5.41) is 5.75. The molecule has 1 aromatic carbocycles. The van der Waals surface area contributed by atoms with Crippen molar-refractivity contribution < 1.29 is 9.53 Å². The predicted molar refractivity (Wildman–Crippen MR) is 103 cm³/mol. The van der Waals surface area contributed by atoms with E-state index < -0.39 is 0 Å². The van der Waals surface area contributed by atoms with Gasteiger partial charge < -0.3 is 10.1 Å². The minimum atomic E-state index is -0.227. The Kier molecular flexibility index (Phi) is 3.64. The minimum Gasteiger partial charge on any atom is -0.497 e. The van der Waals surface area contributed by atoms with Crippen molar-refractivity contribution >= 4 is 22.4 Å². The van der Waals surface area contributed by atoms with E-state index >= 15 is 0 Å². The summed E-state index contributed by atoms with van der Waals surface area (Å²) in [5.74, 6) is 2.43. The number of methoxy groups -OCH3 is 1. The zero-order valence-electron chi connectivity index (χ0n) is 15.0. The number of anilines is 1. The number of thiazole rings is 1. The van der Waals surface area contributed by atoms with E-state index in [4.69, 9.17) is 4.74 Å². The van der Waals surface area contributed by atoms with E-state index in [9.17, 15) is 4.79 Å². The van der Waals surface area contributed by atoms with E-state index in [-0.39, 0.29) is 16.7 Å². The Labute approximate surface area is 158 Å². The maximum absolute atomic E-state index is 13.3. The highest BCUT2D eigenvalue weighted by Gasteiger charge is 2.61. The molecule has 0 spiro atoms. The summed E-state index contributed by atoms with van der Waals surface area (Å²) in [6.07, 6.45) is 8.54. The molecule has 4 saturated carbocycles. The highest BCUT2D eigenvalue weighted by atomic mass is 32.1. The average Bonchev–Trinajstić information content (AvgIpc) is 3.14. The smallest absolute Gasteiger partial charge is 0.232 e. The second kappa shape index (κ2) is 5.81. The Morgan fingerprint density at radius 3 is 2.54 bits per heavy atom. The molecule has 1 N–H and O–H groups in total. The third-order valence-corrected chi connectivity index (χ3v) is 7.59. The molecule has 6 rings (SSSR count). The Balaban J connectivity index is 1.48. The Morgan fingerprint density at radius 1 is 1.19 bits per heavy atom. The van der Waals surface area contributed by atoms with Crippen molar-refractivity contribution in [1.82, 2.24) is 4.98 Å². The number of hydrogen-bond donors (Lipinski definition) is 1. The van der Waals surface area contributed by atoms with E-state index in [0.29, 0.717) is 11.8 Å². The van der Waals surface area contributed by atoms with Gasteiger partial charge in [-0.2, -0.15) is 0 Å². The van der Waals surface area contributed by atoms with Crippen molar-refractivity contribution in [2.75, 3.05) is 12.4 Å². The summed E-state index contributed by atoms with van der Waals surface area (Å²) in [6.45, 7) is 0. The standard InChI is InChI=1S/C21H24N2O2S/c1-25-17-4-2-16(3-5-17)20-9-14-8-15(10-20)12-21(11-14,13-20)18(24)23-19-22-6-7-26-19/h2-7,14-15H,8-13H2,1H3,(H,22,23,24). The highest BCUT2D eigenvalue weighted by Crippen LogP contribution is 2.66. The molecule has 1 heterocycles. The molecule has 136 valence electrons. The summed E-state index contributed by atoms with van der Waals surface area (Å²) in [4.78, 5) is 17.5. The predicted octanol–water partition coefficient (Wildman–Crippen LogP) is 4.63. The van der Waals surface area contributed by atoms with Crippen LogP contribution in [-0.4, -0.2) is 18.0 Å². The van der Waals surface area contributed by atoms with Crippen LogP contribution in [0.1, 0.15) is 44.1 Å². The molecule has 0 saturated heterocycles. The molecular formula is C21H24N2O2S. The zero-order chi connectivity index (χ0) is 17.8. The lowest BCUT2D eigenvalue weighted by atomic mass is 9.42. The van der Waals surface area contributed by atoms with Gasteiger partial charge >= 0.3 is 0 Å². The topological polar surface area (TPSA) is 51.2 Å². The van der Waals surface area contributed by atoms with Gasteiger partial charge in [-0.3, -0.25) is 4.79 Å². The van der Waals surface area contributed by atoms with Gasteiger partial charge in [-0.15, -0.1) is 11.3 Å². The van der Waals surface area contributed by atoms with Gasteiger partial charge in [-0.25, -0.2) is 4.98 Å². The van der Waals surface area contributed by atoms with Gasteiger partial charge in [0, 0.05) is 11.6 Å². The van der Waals surface area contributed by atoms with Gasteiger partial charge in [-0.1, -0.05) is 12.1 Å². The molecule has 0 aliphatic heterocycles. The number of carbonyl (C=O) groups excluding carboxylic acids is 1. The van der Waals surface area contributed by atoms with Crippen molar-refractivity contribution in [2.24, 2.45) is 17.3 Å². The lowest BCUT2D eigenvalue weighted by Crippen LogP contribution is -2.57. The molecule has 2 unspecified atom stereocenters. The molecule has 2 aromatic rings. The summed E-state index contributed by atoms with van der Waals surface area (Å²) >= 11 is 1.50. The number of nitrogens with zero attached hydrogens (tertiary/aromatic N) is 1. The highest BCUT2D eigenvalue weighted by molar-refractivity contribution is 7.13. The number of rotatable bonds is 4. The molecule has 4 bridgehead atoms. The molecule has 4 aliphatic rings. The van der Waals surface area contributed by atoms with E-state index in [1.54, 1.807) is 13.3 Å². The third-order valence-electron chi connectivity index (χ3n) is 6.90. The van der Waals surface area contributed by atoms with Crippen LogP contribution >= 0.6 is 11.3 Å². The molecule has 2 atom stereocenters. The van der Waals surface area contributed by atoms with Crippen LogP contribution in [0.2, 0.25) is 0 Å². The molecule has 4 aliphatic carbocycles. The van der Waals surface area contributed by atoms with E-state index in [1.807, 2.05) is 5.38 Å². The van der Waals surface area contributed by atoms with Gasteiger partial charge in [0.1, 0.15) is 5.75 Å². The summed E-state index contributed by atoms with van der Waals surface area (Å²) in [5.41, 5.74) is 1.31. The normalized spacial score (nSPS) is 34.7. The first-order valence-corrected chi connectivity index (χ1v) is 10.3. The number of nitrogens with one attached hydrogen (secondary N) is 1. The summed E-state index contributed by atoms with van der Waals surface area (Å²) in [6, 6.07) is 8.57. The van der Waals surface area contributed by atoms with Gasteiger partial charge in [0.15, 0.2) is 5.13 Å². The monoisotopic (exact) mass is 368 g/mol. The quantitative estimate of drug-likeness (QED) is 0.856. The van der Waals surface area contributed by atoms with Gasteiger partial charge in [-0.05, 0) is 73.5 Å². The molecule has 1 amide bonds. The number of benzene rings is 1. The van der Waals surface area contributed by atoms with E-state index in [1.165, 1.54) is 36.2 Å². The Bertz CT molecular complexity index is 801. The first-order chi connectivity index (χ1) is 12.6. The largest absolute Gasteiger partial charge is 0.497 e. The van der Waals surface area contributed by atoms with Gasteiger partial charge in [0.05, 0.1) is 12.5 Å². The van der Waals surface area contributed by atoms with Crippen molar-refractivity contribution in [3.05, 3.63) is 41.4 Å².